The first-order chi connectivity index (χ1) is 11.7. The predicted octanol–water partition coefficient (Wildman–Crippen LogP) is 2.34. The largest absolute Gasteiger partial charge is 0.493 e. The molecule has 0 saturated carbocycles. The lowest BCUT2D eigenvalue weighted by Gasteiger charge is -2.31. The van der Waals surface area contributed by atoms with E-state index >= 15 is 0 Å². The molecule has 0 aromatic heterocycles. The maximum atomic E-state index is 12.3. The molecular formula is C15H20F3N3O4. The first-order valence-corrected chi connectivity index (χ1v) is 7.70. The maximum absolute atomic E-state index is 12.3. The molecule has 0 amide bonds. The van der Waals surface area contributed by atoms with Crippen molar-refractivity contribution in [1.29, 1.82) is 0 Å². The summed E-state index contributed by atoms with van der Waals surface area (Å²) in [6, 6.07) is 2.62. The Morgan fingerprint density at radius 1 is 1.40 bits per heavy atom. The first-order valence-electron chi connectivity index (χ1n) is 7.70. The number of alkyl halides is 3. The van der Waals surface area contributed by atoms with Gasteiger partial charge in [-0.3, -0.25) is 15.0 Å². The predicted molar refractivity (Wildman–Crippen MR) is 83.9 cm³/mol. The van der Waals surface area contributed by atoms with Crippen LogP contribution in [-0.4, -0.2) is 55.4 Å². The number of halogens is 3. The molecule has 7 nitrogen and oxygen atoms in total. The van der Waals surface area contributed by atoms with Gasteiger partial charge < -0.3 is 14.8 Å². The van der Waals surface area contributed by atoms with Gasteiger partial charge in [0, 0.05) is 37.8 Å². The monoisotopic (exact) mass is 363 g/mol. The summed E-state index contributed by atoms with van der Waals surface area (Å²) in [6.45, 7) is 2.96. The SMILES string of the molecule is COc1cc(CN2CCNC(C)C2)c([N+](=O)[O-])cc1OCC(F)(F)F. The van der Waals surface area contributed by atoms with Crippen molar-refractivity contribution in [1.82, 2.24) is 10.2 Å². The summed E-state index contributed by atoms with van der Waals surface area (Å²) < 4.78 is 46.8. The zero-order valence-corrected chi connectivity index (χ0v) is 13.9. The lowest BCUT2D eigenvalue weighted by atomic mass is 10.1. The third-order valence-electron chi connectivity index (χ3n) is 3.80. The van der Waals surface area contributed by atoms with E-state index < -0.39 is 17.7 Å². The van der Waals surface area contributed by atoms with Crippen molar-refractivity contribution in [3.63, 3.8) is 0 Å². The van der Waals surface area contributed by atoms with E-state index in [0.29, 0.717) is 18.7 Å². The number of ether oxygens (including phenoxy) is 2. The molecule has 1 aliphatic rings. The number of piperazine rings is 1. The van der Waals surface area contributed by atoms with Crippen LogP contribution in [0.2, 0.25) is 0 Å². The highest BCUT2D eigenvalue weighted by molar-refractivity contribution is 5.54. The number of nitrogens with one attached hydrogen (secondary N) is 1. The van der Waals surface area contributed by atoms with Crippen LogP contribution in [0.25, 0.3) is 0 Å². The highest BCUT2D eigenvalue weighted by Gasteiger charge is 2.30. The molecule has 0 radical (unpaired) electrons. The van der Waals surface area contributed by atoms with Crippen molar-refractivity contribution in [2.45, 2.75) is 25.7 Å². The number of nitro benzene ring substituents is 1. The number of hydrogen-bond donors (Lipinski definition) is 1. The second-order valence-corrected chi connectivity index (χ2v) is 5.88. The highest BCUT2D eigenvalue weighted by Crippen LogP contribution is 2.36. The van der Waals surface area contributed by atoms with Crippen LogP contribution < -0.4 is 14.8 Å². The summed E-state index contributed by atoms with van der Waals surface area (Å²) in [7, 11) is 1.28. The van der Waals surface area contributed by atoms with Gasteiger partial charge in [0.05, 0.1) is 18.1 Å². The summed E-state index contributed by atoms with van der Waals surface area (Å²) in [5.41, 5.74) is 0.0828. The van der Waals surface area contributed by atoms with Crippen molar-refractivity contribution in [3.8, 4) is 11.5 Å². The van der Waals surface area contributed by atoms with Crippen molar-refractivity contribution < 1.29 is 27.6 Å². The van der Waals surface area contributed by atoms with E-state index in [0.717, 1.165) is 19.2 Å². The van der Waals surface area contributed by atoms with Crippen LogP contribution in [0.15, 0.2) is 12.1 Å². The van der Waals surface area contributed by atoms with Gasteiger partial charge in [-0.1, -0.05) is 0 Å². The Kier molecular flexibility index (Phi) is 6.07. The number of nitrogens with zero attached hydrogens (tertiary/aromatic N) is 2. The van der Waals surface area contributed by atoms with E-state index in [-0.39, 0.29) is 23.2 Å². The van der Waals surface area contributed by atoms with Crippen LogP contribution in [0.1, 0.15) is 12.5 Å². The zero-order valence-electron chi connectivity index (χ0n) is 13.9. The summed E-state index contributed by atoms with van der Waals surface area (Å²) in [4.78, 5) is 12.8. The van der Waals surface area contributed by atoms with Crippen molar-refractivity contribution in [2.75, 3.05) is 33.4 Å². The summed E-state index contributed by atoms with van der Waals surface area (Å²) in [6.07, 6.45) is -4.55. The van der Waals surface area contributed by atoms with Gasteiger partial charge in [-0.15, -0.1) is 0 Å². The Hall–Kier alpha value is -2.07. The fourth-order valence-electron chi connectivity index (χ4n) is 2.72. The van der Waals surface area contributed by atoms with Crippen molar-refractivity contribution in [2.24, 2.45) is 0 Å². The Labute approximate surface area is 142 Å². The van der Waals surface area contributed by atoms with Gasteiger partial charge in [0.15, 0.2) is 18.1 Å². The standard InChI is InChI=1S/C15H20F3N3O4/c1-10-7-20(4-3-19-10)8-11-5-13(24-2)14(6-12(11)21(22)23)25-9-15(16,17)18/h5-6,10,19H,3-4,7-9H2,1-2H3. The third kappa shape index (κ3) is 5.46. The molecule has 1 aromatic rings. The normalized spacial score (nSPS) is 18.8. The number of hydrogen-bond acceptors (Lipinski definition) is 6. The van der Waals surface area contributed by atoms with Gasteiger partial charge in [-0.05, 0) is 13.0 Å². The van der Waals surface area contributed by atoms with Gasteiger partial charge in [0.25, 0.3) is 5.69 Å². The quantitative estimate of drug-likeness (QED) is 0.618. The van der Waals surface area contributed by atoms with Gasteiger partial charge in [0.1, 0.15) is 0 Å². The van der Waals surface area contributed by atoms with Crippen molar-refractivity contribution >= 4 is 5.69 Å². The number of benzene rings is 1. The van der Waals surface area contributed by atoms with E-state index in [1.54, 1.807) is 0 Å². The molecule has 2 rings (SSSR count). The minimum absolute atomic E-state index is 0.0352. The molecule has 1 unspecified atom stereocenters. The molecule has 10 heteroatoms. The lowest BCUT2D eigenvalue weighted by molar-refractivity contribution is -0.385. The Balaban J connectivity index is 2.27. The Morgan fingerprint density at radius 3 is 2.68 bits per heavy atom. The van der Waals surface area contributed by atoms with Crippen LogP contribution in [0.5, 0.6) is 11.5 Å². The fraction of sp³-hybridized carbons (Fsp3) is 0.600. The maximum Gasteiger partial charge on any atom is 0.422 e. The summed E-state index contributed by atoms with van der Waals surface area (Å²) in [5, 5.41) is 14.6. The van der Waals surface area contributed by atoms with E-state index in [4.69, 9.17) is 4.74 Å². The Bertz CT molecular complexity index is 625. The molecular weight excluding hydrogens is 343 g/mol. The molecule has 1 N–H and O–H groups in total. The minimum Gasteiger partial charge on any atom is -0.493 e. The smallest absolute Gasteiger partial charge is 0.422 e. The van der Waals surface area contributed by atoms with Crippen LogP contribution in [0, 0.1) is 10.1 Å². The molecule has 0 spiro atoms. The molecule has 1 atom stereocenters. The third-order valence-corrected chi connectivity index (χ3v) is 3.80. The van der Waals surface area contributed by atoms with Crippen LogP contribution in [0.3, 0.4) is 0 Å². The van der Waals surface area contributed by atoms with Gasteiger partial charge in [0.2, 0.25) is 0 Å². The first kappa shape index (κ1) is 19.3. The number of nitro groups is 1. The average molecular weight is 363 g/mol. The molecule has 1 aliphatic heterocycles. The lowest BCUT2D eigenvalue weighted by Crippen LogP contribution is -2.48. The molecule has 140 valence electrons. The molecule has 1 aromatic carbocycles. The second-order valence-electron chi connectivity index (χ2n) is 5.88. The van der Waals surface area contributed by atoms with Gasteiger partial charge in [-0.2, -0.15) is 13.2 Å². The van der Waals surface area contributed by atoms with Crippen molar-refractivity contribution in [3.05, 3.63) is 27.8 Å². The molecule has 1 fully saturated rings. The van der Waals surface area contributed by atoms with E-state index in [9.17, 15) is 23.3 Å². The second kappa shape index (κ2) is 7.87. The topological polar surface area (TPSA) is 76.9 Å². The van der Waals surface area contributed by atoms with Crippen LogP contribution in [-0.2, 0) is 6.54 Å². The van der Waals surface area contributed by atoms with E-state index in [1.807, 2.05) is 11.8 Å². The molecule has 1 heterocycles. The van der Waals surface area contributed by atoms with Crippen LogP contribution in [0.4, 0.5) is 18.9 Å². The average Bonchev–Trinajstić information content (AvgIpc) is 2.52. The molecule has 1 saturated heterocycles. The Morgan fingerprint density at radius 2 is 2.12 bits per heavy atom. The molecule has 0 bridgehead atoms. The van der Waals surface area contributed by atoms with Gasteiger partial charge >= 0.3 is 6.18 Å². The fourth-order valence-corrected chi connectivity index (χ4v) is 2.72. The summed E-state index contributed by atoms with van der Waals surface area (Å²) >= 11 is 0. The van der Waals surface area contributed by atoms with Gasteiger partial charge in [-0.25, -0.2) is 0 Å². The molecule has 25 heavy (non-hydrogen) atoms. The van der Waals surface area contributed by atoms with E-state index in [2.05, 4.69) is 10.1 Å². The van der Waals surface area contributed by atoms with Crippen LogP contribution >= 0.6 is 0 Å². The van der Waals surface area contributed by atoms with E-state index in [1.165, 1.54) is 13.2 Å². The number of methoxy groups -OCH3 is 1. The molecule has 0 aliphatic carbocycles. The zero-order chi connectivity index (χ0) is 18.6. The highest BCUT2D eigenvalue weighted by atomic mass is 19.4. The summed E-state index contributed by atoms with van der Waals surface area (Å²) in [5.74, 6) is -0.267. The minimum atomic E-state index is -4.55. The number of rotatable bonds is 6.